The molecule has 0 amide bonds. The first-order valence-electron chi connectivity index (χ1n) is 8.73. The average molecular weight is 514 g/mol. The summed E-state index contributed by atoms with van der Waals surface area (Å²) in [5, 5.41) is 6.71. The first kappa shape index (κ1) is 21.9. The zero-order valence-electron chi connectivity index (χ0n) is 14.9. The van der Waals surface area contributed by atoms with Crippen LogP contribution in [0.5, 0.6) is 0 Å². The molecule has 2 N–H and O–H groups in total. The van der Waals surface area contributed by atoms with E-state index in [1.54, 1.807) is 13.1 Å². The van der Waals surface area contributed by atoms with Gasteiger partial charge < -0.3 is 15.4 Å². The minimum Gasteiger partial charge on any atom is -0.379 e. The lowest BCUT2D eigenvalue weighted by Crippen LogP contribution is -2.41. The van der Waals surface area contributed by atoms with E-state index in [0.29, 0.717) is 43.1 Å². The number of hydrogen-bond donors (Lipinski definition) is 2. The van der Waals surface area contributed by atoms with Crippen molar-refractivity contribution in [2.45, 2.75) is 42.5 Å². The molecule has 0 spiro atoms. The number of rotatable bonds is 5. The van der Waals surface area contributed by atoms with Gasteiger partial charge in [-0.1, -0.05) is 12.8 Å². The lowest BCUT2D eigenvalue weighted by molar-refractivity contribution is 0.0731. The highest BCUT2D eigenvalue weighted by Crippen LogP contribution is 2.25. The molecule has 7 nitrogen and oxygen atoms in total. The van der Waals surface area contributed by atoms with Gasteiger partial charge in [-0.2, -0.15) is 4.31 Å². The molecule has 2 heterocycles. The molecule has 1 saturated heterocycles. The van der Waals surface area contributed by atoms with E-state index < -0.39 is 10.0 Å². The van der Waals surface area contributed by atoms with Crippen LogP contribution in [0.2, 0.25) is 0 Å². The Bertz CT molecular complexity index is 696. The molecule has 0 bridgehead atoms. The predicted octanol–water partition coefficient (Wildman–Crippen LogP) is 1.99. The molecule has 0 aromatic carbocycles. The highest BCUT2D eigenvalue weighted by molar-refractivity contribution is 14.0. The zero-order valence-corrected chi connectivity index (χ0v) is 18.9. The van der Waals surface area contributed by atoms with E-state index in [-0.39, 0.29) is 24.0 Å². The van der Waals surface area contributed by atoms with E-state index in [4.69, 9.17) is 4.74 Å². The molecule has 1 saturated carbocycles. The molecule has 1 aromatic rings. The van der Waals surface area contributed by atoms with Crippen molar-refractivity contribution >= 4 is 51.3 Å². The normalized spacial score (nSPS) is 20.0. The Balaban J connectivity index is 0.00000243. The summed E-state index contributed by atoms with van der Waals surface area (Å²) in [6.07, 6.45) is 4.90. The number of aliphatic imine (C=N–C) groups is 1. The van der Waals surface area contributed by atoms with E-state index in [9.17, 15) is 8.42 Å². The molecule has 0 unspecified atom stereocenters. The second-order valence-electron chi connectivity index (χ2n) is 6.29. The van der Waals surface area contributed by atoms with Crippen LogP contribution in [0.4, 0.5) is 0 Å². The third-order valence-corrected chi connectivity index (χ3v) is 8.00. The number of nitrogens with zero attached hydrogens (tertiary/aromatic N) is 2. The van der Waals surface area contributed by atoms with Gasteiger partial charge in [-0.25, -0.2) is 8.42 Å². The first-order valence-corrected chi connectivity index (χ1v) is 11.0. The number of ether oxygens (including phenoxy) is 1. The van der Waals surface area contributed by atoms with Crippen molar-refractivity contribution in [1.82, 2.24) is 14.9 Å². The van der Waals surface area contributed by atoms with Crippen LogP contribution in [0, 0.1) is 0 Å². The minimum atomic E-state index is -3.41. The van der Waals surface area contributed by atoms with Gasteiger partial charge in [0.15, 0.2) is 5.96 Å². The quantitative estimate of drug-likeness (QED) is 0.357. The summed E-state index contributed by atoms with van der Waals surface area (Å²) in [5.74, 6) is 0.776. The molecule has 2 aliphatic rings. The summed E-state index contributed by atoms with van der Waals surface area (Å²) in [4.78, 5) is 5.23. The van der Waals surface area contributed by atoms with Crippen LogP contribution in [0.1, 0.15) is 30.6 Å². The van der Waals surface area contributed by atoms with Crippen molar-refractivity contribution in [2.75, 3.05) is 33.4 Å². The molecule has 3 rings (SSSR count). The fraction of sp³-hybridized carbons (Fsp3) is 0.688. The molecule has 2 fully saturated rings. The van der Waals surface area contributed by atoms with Crippen molar-refractivity contribution < 1.29 is 13.2 Å². The average Bonchev–Trinajstić information content (AvgIpc) is 3.31. The van der Waals surface area contributed by atoms with Crippen molar-refractivity contribution in [3.63, 3.8) is 0 Å². The molecule has 0 radical (unpaired) electrons. The van der Waals surface area contributed by atoms with Crippen molar-refractivity contribution in [2.24, 2.45) is 4.99 Å². The molecular formula is C16H27IN4O3S2. The first-order chi connectivity index (χ1) is 12.1. The van der Waals surface area contributed by atoms with Crippen LogP contribution < -0.4 is 10.6 Å². The summed E-state index contributed by atoms with van der Waals surface area (Å²) in [7, 11) is -1.65. The van der Waals surface area contributed by atoms with Gasteiger partial charge in [0.2, 0.25) is 0 Å². The lowest BCUT2D eigenvalue weighted by Gasteiger charge is -2.25. The van der Waals surface area contributed by atoms with E-state index in [2.05, 4.69) is 15.6 Å². The Morgan fingerprint density at radius 3 is 2.65 bits per heavy atom. The van der Waals surface area contributed by atoms with Gasteiger partial charge in [0.25, 0.3) is 10.0 Å². The Morgan fingerprint density at radius 2 is 2.00 bits per heavy atom. The van der Waals surface area contributed by atoms with E-state index in [1.165, 1.54) is 41.3 Å². The Kier molecular flexibility index (Phi) is 8.58. The van der Waals surface area contributed by atoms with Gasteiger partial charge in [0.1, 0.15) is 4.21 Å². The SMILES string of the molecule is CN=C(NCc1ccc(S(=O)(=O)N2CCOCC2)s1)NC1CCCC1.I. The van der Waals surface area contributed by atoms with Gasteiger partial charge in [-0.05, 0) is 25.0 Å². The Labute approximate surface area is 176 Å². The molecule has 1 aromatic heterocycles. The number of guanidine groups is 1. The van der Waals surface area contributed by atoms with Gasteiger partial charge in [-0.3, -0.25) is 4.99 Å². The van der Waals surface area contributed by atoms with E-state index in [0.717, 1.165) is 10.8 Å². The molecule has 26 heavy (non-hydrogen) atoms. The standard InChI is InChI=1S/C16H26N4O3S2.HI/c1-17-16(19-13-4-2-3-5-13)18-12-14-6-7-15(24-14)25(21,22)20-8-10-23-11-9-20;/h6-7,13H,2-5,8-12H2,1H3,(H2,17,18,19);1H. The fourth-order valence-corrected chi connectivity index (χ4v) is 5.99. The highest BCUT2D eigenvalue weighted by atomic mass is 127. The maximum absolute atomic E-state index is 12.6. The monoisotopic (exact) mass is 514 g/mol. The number of nitrogens with one attached hydrogen (secondary N) is 2. The number of halogens is 1. The van der Waals surface area contributed by atoms with Crippen LogP contribution in [0.15, 0.2) is 21.3 Å². The second-order valence-corrected chi connectivity index (χ2v) is 9.62. The van der Waals surface area contributed by atoms with E-state index in [1.807, 2.05) is 6.07 Å². The van der Waals surface area contributed by atoms with Crippen LogP contribution in [-0.4, -0.2) is 58.1 Å². The van der Waals surface area contributed by atoms with Crippen LogP contribution in [0.3, 0.4) is 0 Å². The predicted molar refractivity (Wildman–Crippen MR) is 115 cm³/mol. The Hall–Kier alpha value is -0.430. The number of hydrogen-bond acceptors (Lipinski definition) is 5. The molecule has 148 valence electrons. The van der Waals surface area contributed by atoms with Gasteiger partial charge in [-0.15, -0.1) is 35.3 Å². The minimum absolute atomic E-state index is 0. The summed E-state index contributed by atoms with van der Waals surface area (Å²) >= 11 is 1.31. The summed E-state index contributed by atoms with van der Waals surface area (Å²) in [6.45, 7) is 2.33. The smallest absolute Gasteiger partial charge is 0.252 e. The zero-order chi connectivity index (χ0) is 17.7. The maximum atomic E-state index is 12.6. The van der Waals surface area contributed by atoms with Gasteiger partial charge in [0.05, 0.1) is 19.8 Å². The highest BCUT2D eigenvalue weighted by Gasteiger charge is 2.27. The molecule has 1 aliphatic heterocycles. The molecule has 0 atom stereocenters. The van der Waals surface area contributed by atoms with Gasteiger partial charge >= 0.3 is 0 Å². The Morgan fingerprint density at radius 1 is 1.31 bits per heavy atom. The van der Waals surface area contributed by atoms with Crippen molar-refractivity contribution in [3.05, 3.63) is 17.0 Å². The summed E-state index contributed by atoms with van der Waals surface area (Å²) in [6, 6.07) is 4.06. The van der Waals surface area contributed by atoms with Crippen molar-refractivity contribution in [3.8, 4) is 0 Å². The topological polar surface area (TPSA) is 83.0 Å². The van der Waals surface area contributed by atoms with Crippen LogP contribution in [-0.2, 0) is 21.3 Å². The molecular weight excluding hydrogens is 487 g/mol. The number of thiophene rings is 1. The summed E-state index contributed by atoms with van der Waals surface area (Å²) in [5.41, 5.74) is 0. The van der Waals surface area contributed by atoms with E-state index >= 15 is 0 Å². The second kappa shape index (κ2) is 10.2. The van der Waals surface area contributed by atoms with Crippen LogP contribution in [0.25, 0.3) is 0 Å². The summed E-state index contributed by atoms with van der Waals surface area (Å²) < 4.78 is 32.4. The molecule has 1 aliphatic carbocycles. The maximum Gasteiger partial charge on any atom is 0.252 e. The number of sulfonamides is 1. The molecule has 10 heteroatoms. The van der Waals surface area contributed by atoms with Gasteiger partial charge in [0, 0.05) is 31.1 Å². The largest absolute Gasteiger partial charge is 0.379 e. The fourth-order valence-electron chi connectivity index (χ4n) is 3.14. The third-order valence-electron chi connectivity index (χ3n) is 4.55. The van der Waals surface area contributed by atoms with Crippen LogP contribution >= 0.6 is 35.3 Å². The number of morpholine rings is 1. The van der Waals surface area contributed by atoms with Crippen molar-refractivity contribution in [1.29, 1.82) is 0 Å². The lowest BCUT2D eigenvalue weighted by atomic mass is 10.2. The third kappa shape index (κ3) is 5.54.